The average molecular weight is 151 g/mol. The van der Waals surface area contributed by atoms with E-state index in [1.54, 1.807) is 0 Å². The maximum absolute atomic E-state index is 12.1. The van der Waals surface area contributed by atoms with Crippen LogP contribution in [0.1, 0.15) is 6.92 Å². The molecule has 1 aliphatic heterocycles. The lowest BCUT2D eigenvalue weighted by Crippen LogP contribution is -2.36. The van der Waals surface area contributed by atoms with Gasteiger partial charge in [0.05, 0.1) is 0 Å². The van der Waals surface area contributed by atoms with Crippen molar-refractivity contribution in [3.8, 4) is 0 Å². The highest BCUT2D eigenvalue weighted by Gasteiger charge is 2.50. The molecule has 0 bridgehead atoms. The third-order valence-corrected chi connectivity index (χ3v) is 1.69. The van der Waals surface area contributed by atoms with Crippen molar-refractivity contribution < 1.29 is 13.2 Å². The van der Waals surface area contributed by atoms with Crippen LogP contribution in [0.5, 0.6) is 0 Å². The zero-order valence-electron chi connectivity index (χ0n) is 5.50. The topological polar surface area (TPSA) is 12.0 Å². The lowest BCUT2D eigenvalue weighted by molar-refractivity contribution is -0.195. The Bertz CT molecular complexity index is 161. The normalized spacial score (nSPS) is 32.4. The van der Waals surface area contributed by atoms with Gasteiger partial charge in [-0.3, -0.25) is 0 Å². The molecule has 1 rings (SSSR count). The molecule has 0 fully saturated rings. The van der Waals surface area contributed by atoms with E-state index >= 15 is 0 Å². The van der Waals surface area contributed by atoms with Gasteiger partial charge in [-0.05, 0) is 13.1 Å². The van der Waals surface area contributed by atoms with Crippen molar-refractivity contribution >= 4 is 0 Å². The molecule has 4 heteroatoms. The van der Waals surface area contributed by atoms with E-state index in [9.17, 15) is 13.2 Å². The van der Waals surface area contributed by atoms with E-state index in [0.29, 0.717) is 0 Å². The number of rotatable bonds is 0. The summed E-state index contributed by atoms with van der Waals surface area (Å²) in [6.45, 7) is 1.12. The van der Waals surface area contributed by atoms with Gasteiger partial charge in [0.25, 0.3) is 0 Å². The lowest BCUT2D eigenvalue weighted by Gasteiger charge is -2.24. The first-order valence-electron chi connectivity index (χ1n) is 2.93. The number of halogens is 3. The molecule has 1 aliphatic rings. The molecule has 0 aliphatic carbocycles. The van der Waals surface area contributed by atoms with Crippen molar-refractivity contribution in [1.82, 2.24) is 5.32 Å². The minimum absolute atomic E-state index is 0.0451. The van der Waals surface area contributed by atoms with Crippen molar-refractivity contribution in [2.75, 3.05) is 6.54 Å². The molecule has 1 N–H and O–H groups in total. The molecule has 0 radical (unpaired) electrons. The van der Waals surface area contributed by atoms with E-state index in [0.717, 1.165) is 6.08 Å². The van der Waals surface area contributed by atoms with E-state index in [2.05, 4.69) is 5.32 Å². The minimum atomic E-state index is -4.13. The minimum Gasteiger partial charge on any atom is -0.390 e. The zero-order chi connectivity index (χ0) is 7.83. The van der Waals surface area contributed by atoms with Crippen LogP contribution in [0.2, 0.25) is 0 Å². The quantitative estimate of drug-likeness (QED) is 0.555. The Labute approximate surface area is 56.9 Å². The molecule has 0 aromatic heterocycles. The monoisotopic (exact) mass is 151 g/mol. The fourth-order valence-corrected chi connectivity index (χ4v) is 0.767. The molecule has 0 saturated carbocycles. The van der Waals surface area contributed by atoms with Crippen LogP contribution in [-0.4, -0.2) is 12.7 Å². The predicted octanol–water partition coefficient (Wildman–Crippen LogP) is 1.67. The Kier molecular flexibility index (Phi) is 1.42. The molecule has 0 aromatic carbocycles. The summed E-state index contributed by atoms with van der Waals surface area (Å²) in [5.41, 5.74) is -1.66. The van der Waals surface area contributed by atoms with Crippen LogP contribution < -0.4 is 5.32 Å². The molecule has 10 heavy (non-hydrogen) atoms. The van der Waals surface area contributed by atoms with Crippen LogP contribution in [0.4, 0.5) is 13.2 Å². The maximum atomic E-state index is 12.1. The molecule has 0 aromatic rings. The molecular formula is C6H8F3N. The van der Waals surface area contributed by atoms with Crippen LogP contribution in [-0.2, 0) is 0 Å². The molecule has 58 valence electrons. The van der Waals surface area contributed by atoms with Crippen LogP contribution in [0, 0.1) is 5.41 Å². The number of alkyl halides is 3. The Morgan fingerprint density at radius 1 is 1.50 bits per heavy atom. The highest BCUT2D eigenvalue weighted by Crippen LogP contribution is 2.40. The van der Waals surface area contributed by atoms with Crippen LogP contribution >= 0.6 is 0 Å². The summed E-state index contributed by atoms with van der Waals surface area (Å²) in [4.78, 5) is 0. The SMILES string of the molecule is CC1(C(F)(F)F)C=CNC1. The first-order chi connectivity index (χ1) is 4.46. The standard InChI is InChI=1S/C6H8F3N/c1-5(6(7,8)9)2-3-10-4-5/h2-3,10H,4H2,1H3. The van der Waals surface area contributed by atoms with Gasteiger partial charge >= 0.3 is 6.18 Å². The summed E-state index contributed by atoms with van der Waals surface area (Å²) < 4.78 is 36.2. The van der Waals surface area contributed by atoms with Gasteiger partial charge in [0.2, 0.25) is 0 Å². The fourth-order valence-electron chi connectivity index (χ4n) is 0.767. The van der Waals surface area contributed by atoms with Gasteiger partial charge in [-0.1, -0.05) is 6.08 Å². The molecule has 0 saturated heterocycles. The highest BCUT2D eigenvalue weighted by molar-refractivity contribution is 5.08. The third kappa shape index (κ3) is 0.978. The summed E-state index contributed by atoms with van der Waals surface area (Å²) in [7, 11) is 0. The molecule has 0 spiro atoms. The molecule has 1 unspecified atom stereocenters. The largest absolute Gasteiger partial charge is 0.399 e. The third-order valence-electron chi connectivity index (χ3n) is 1.69. The van der Waals surface area contributed by atoms with Gasteiger partial charge in [-0.25, -0.2) is 0 Å². The second-order valence-corrected chi connectivity index (χ2v) is 2.63. The van der Waals surface area contributed by atoms with Gasteiger partial charge in [-0.15, -0.1) is 0 Å². The first-order valence-corrected chi connectivity index (χ1v) is 2.93. The van der Waals surface area contributed by atoms with Crippen LogP contribution in [0.25, 0.3) is 0 Å². The van der Waals surface area contributed by atoms with E-state index in [1.165, 1.54) is 13.1 Å². The zero-order valence-corrected chi connectivity index (χ0v) is 5.50. The number of hydrogen-bond acceptors (Lipinski definition) is 1. The van der Waals surface area contributed by atoms with Gasteiger partial charge in [0.15, 0.2) is 0 Å². The summed E-state index contributed by atoms with van der Waals surface area (Å²) in [6, 6.07) is 0. The summed E-state index contributed by atoms with van der Waals surface area (Å²) in [5.74, 6) is 0. The molecule has 1 atom stereocenters. The Hall–Kier alpha value is -0.670. The van der Waals surface area contributed by atoms with E-state index in [-0.39, 0.29) is 6.54 Å². The molecule has 1 heterocycles. The summed E-state index contributed by atoms with van der Waals surface area (Å²) in [5, 5.41) is 2.52. The average Bonchev–Trinajstić information content (AvgIpc) is 2.13. The Balaban J connectivity index is 2.78. The smallest absolute Gasteiger partial charge is 0.390 e. The van der Waals surface area contributed by atoms with Crippen LogP contribution in [0.15, 0.2) is 12.3 Å². The summed E-state index contributed by atoms with van der Waals surface area (Å²) in [6.07, 6.45) is -1.65. The van der Waals surface area contributed by atoms with Gasteiger partial charge in [-0.2, -0.15) is 13.2 Å². The van der Waals surface area contributed by atoms with E-state index < -0.39 is 11.6 Å². The second kappa shape index (κ2) is 1.90. The summed E-state index contributed by atoms with van der Waals surface area (Å²) >= 11 is 0. The van der Waals surface area contributed by atoms with Gasteiger partial charge < -0.3 is 5.32 Å². The van der Waals surface area contributed by atoms with Crippen molar-refractivity contribution in [2.45, 2.75) is 13.1 Å². The predicted molar refractivity (Wildman–Crippen MR) is 31.3 cm³/mol. The Morgan fingerprint density at radius 2 is 2.10 bits per heavy atom. The number of nitrogens with one attached hydrogen (secondary N) is 1. The van der Waals surface area contributed by atoms with Crippen LogP contribution in [0.3, 0.4) is 0 Å². The van der Waals surface area contributed by atoms with Gasteiger partial charge in [0, 0.05) is 6.54 Å². The Morgan fingerprint density at radius 3 is 2.30 bits per heavy atom. The first kappa shape index (κ1) is 7.44. The molecule has 0 amide bonds. The highest BCUT2D eigenvalue weighted by atomic mass is 19.4. The van der Waals surface area contributed by atoms with Crippen molar-refractivity contribution in [3.63, 3.8) is 0 Å². The molecular weight excluding hydrogens is 143 g/mol. The van der Waals surface area contributed by atoms with E-state index in [1.807, 2.05) is 0 Å². The maximum Gasteiger partial charge on any atom is 0.399 e. The molecule has 1 nitrogen and oxygen atoms in total. The van der Waals surface area contributed by atoms with Crippen molar-refractivity contribution in [1.29, 1.82) is 0 Å². The second-order valence-electron chi connectivity index (χ2n) is 2.63. The number of hydrogen-bond donors (Lipinski definition) is 1. The van der Waals surface area contributed by atoms with Crippen molar-refractivity contribution in [2.24, 2.45) is 5.41 Å². The fraction of sp³-hybridized carbons (Fsp3) is 0.667. The van der Waals surface area contributed by atoms with E-state index in [4.69, 9.17) is 0 Å². The van der Waals surface area contributed by atoms with Crippen molar-refractivity contribution in [3.05, 3.63) is 12.3 Å². The van der Waals surface area contributed by atoms with Gasteiger partial charge in [0.1, 0.15) is 5.41 Å². The lowest BCUT2D eigenvalue weighted by atomic mass is 9.92.